The van der Waals surface area contributed by atoms with Crippen molar-refractivity contribution in [3.63, 3.8) is 0 Å². The van der Waals surface area contributed by atoms with E-state index in [1.807, 2.05) is 0 Å². The largest absolute Gasteiger partial charge is 0.294 e. The van der Waals surface area contributed by atoms with Crippen LogP contribution in [0.2, 0.25) is 0 Å². The quantitative estimate of drug-likeness (QED) is 0.419. The van der Waals surface area contributed by atoms with Gasteiger partial charge in [0.1, 0.15) is 4.97 Å². The number of rotatable bonds is 0. The van der Waals surface area contributed by atoms with E-state index in [0.29, 0.717) is 0 Å². The van der Waals surface area contributed by atoms with Gasteiger partial charge in [-0.05, 0) is 0 Å². The van der Waals surface area contributed by atoms with Gasteiger partial charge in [0.15, 0.2) is 4.91 Å². The monoisotopic (exact) mass is 228 g/mol. The van der Waals surface area contributed by atoms with Gasteiger partial charge in [0, 0.05) is 21.1 Å². The Kier molecular flexibility index (Phi) is 27.0. The van der Waals surface area contributed by atoms with Gasteiger partial charge in [-0.3, -0.25) is 5.53 Å². The molecule has 0 aromatic heterocycles. The van der Waals surface area contributed by atoms with Gasteiger partial charge in [-0.1, -0.05) is 0 Å². The van der Waals surface area contributed by atoms with Crippen molar-refractivity contribution in [1.82, 2.24) is 4.97 Å². The molecule has 0 spiro atoms. The van der Waals surface area contributed by atoms with Crippen LogP contribution in [-0.4, -0.2) is 0 Å². The Balaban J connectivity index is 0. The molecule has 0 saturated heterocycles. The van der Waals surface area contributed by atoms with Crippen LogP contribution >= 0.6 is 0 Å². The van der Waals surface area contributed by atoms with E-state index in [1.165, 1.54) is 4.97 Å². The first-order valence-electron chi connectivity index (χ1n) is 0.383. The summed E-state index contributed by atoms with van der Waals surface area (Å²) in [4.78, 5) is 9.36. The van der Waals surface area contributed by atoms with Crippen LogP contribution in [0.1, 0.15) is 0 Å². The summed E-state index contributed by atoms with van der Waals surface area (Å²) in [6.45, 7) is 0. The second kappa shape index (κ2) is 12.0. The molecule has 4 heavy (non-hydrogen) atoms. The van der Waals surface area contributed by atoms with Crippen LogP contribution in [0.5, 0.6) is 0 Å². The van der Waals surface area contributed by atoms with E-state index >= 15 is 0 Å². The molecule has 0 fully saturated rings. The van der Waals surface area contributed by atoms with E-state index < -0.39 is 0 Å². The van der Waals surface area contributed by atoms with Gasteiger partial charge in [0.2, 0.25) is 0 Å². The van der Waals surface area contributed by atoms with Crippen molar-refractivity contribution in [2.24, 2.45) is 0 Å². The van der Waals surface area contributed by atoms with Crippen LogP contribution in [0, 0.1) is 4.91 Å². The molecular formula is N2OW. The molecule has 22 valence electrons. The molecule has 0 aliphatic heterocycles. The molecule has 0 aliphatic rings. The minimum Gasteiger partial charge on any atom is -0.294 e. The topological polar surface area (TPSA) is 53.5 Å². The van der Waals surface area contributed by atoms with Gasteiger partial charge in [-0.15, -0.1) is 0 Å². The molecule has 0 bridgehead atoms. The Morgan fingerprint density at radius 1 is 1.75 bits per heavy atom. The summed E-state index contributed by atoms with van der Waals surface area (Å²) < 4.78 is 0. The number of nitroso groups, excluding NO2 is 1. The number of hydrogen-bond acceptors (Lipinski definition) is 1. The van der Waals surface area contributed by atoms with E-state index in [9.17, 15) is 0 Å². The fourth-order valence-corrected chi connectivity index (χ4v) is 0. The van der Waals surface area contributed by atoms with Crippen LogP contribution in [-0.2, 0) is 21.1 Å². The van der Waals surface area contributed by atoms with Crippen molar-refractivity contribution >= 4 is 0 Å². The Bertz CT molecular complexity index is 27.0. The molecule has 0 saturated carbocycles. The predicted molar refractivity (Wildman–Crippen MR) is 8.86 cm³/mol. The maximum absolute atomic E-state index is 8.11. The summed E-state index contributed by atoms with van der Waals surface area (Å²) in [6, 6.07) is 0. The average molecular weight is 228 g/mol. The Hall–Kier alpha value is -0.00169. The van der Waals surface area contributed by atoms with Crippen LogP contribution in [0.15, 0.2) is 0 Å². The predicted octanol–water partition coefficient (Wildman–Crippen LogP) is -0.161. The zero-order valence-electron chi connectivity index (χ0n) is 1.71. The van der Waals surface area contributed by atoms with E-state index in [4.69, 9.17) is 10.4 Å². The molecular weight excluding hydrogens is 228 g/mol. The molecule has 0 atom stereocenters. The fourth-order valence-electron chi connectivity index (χ4n) is 0. The summed E-state index contributed by atoms with van der Waals surface area (Å²) in [5.41, 5.74) is 6.64. The first-order chi connectivity index (χ1) is 1.41. The summed E-state index contributed by atoms with van der Waals surface area (Å²) in [7, 11) is 0. The minimum atomic E-state index is 0. The second-order valence-electron chi connectivity index (χ2n) is 0.0816. The van der Waals surface area contributed by atoms with Crippen molar-refractivity contribution in [3.8, 4) is 0 Å². The van der Waals surface area contributed by atoms with E-state index in [-0.39, 0.29) is 21.1 Å². The van der Waals surface area contributed by atoms with Crippen LogP contribution in [0.4, 0.5) is 0 Å². The van der Waals surface area contributed by atoms with E-state index in [0.717, 1.165) is 0 Å². The smallest absolute Gasteiger partial charge is 0.151 e. The number of hydrogen-bond donors (Lipinski definition) is 0. The third-order valence-corrected chi connectivity index (χ3v) is 0. The SMILES string of the molecule is [N-]=[N+]=O.[W]. The van der Waals surface area contributed by atoms with Gasteiger partial charge in [0.05, 0.1) is 0 Å². The Labute approximate surface area is 37.1 Å². The van der Waals surface area contributed by atoms with Gasteiger partial charge < -0.3 is 0 Å². The zero-order chi connectivity index (χ0) is 2.71. The van der Waals surface area contributed by atoms with Crippen molar-refractivity contribution in [2.45, 2.75) is 0 Å². The third kappa shape index (κ3) is 699000. The summed E-state index contributed by atoms with van der Waals surface area (Å²) in [5, 5.41) is 0. The molecule has 0 aromatic rings. The summed E-state index contributed by atoms with van der Waals surface area (Å²) in [5.74, 6) is 0. The standard InChI is InChI=1S/N2O.W/c1-2-3;. The Morgan fingerprint density at radius 3 is 1.75 bits per heavy atom. The van der Waals surface area contributed by atoms with Crippen LogP contribution in [0.25, 0.3) is 5.53 Å². The first-order valence-corrected chi connectivity index (χ1v) is 0.383. The van der Waals surface area contributed by atoms with Gasteiger partial charge in [-0.25, -0.2) is 0 Å². The average Bonchev–Trinajstić information content (AvgIpc) is 0.918. The fraction of sp³-hybridized carbons (Fsp3) is 0. The summed E-state index contributed by atoms with van der Waals surface area (Å²) in [6.07, 6.45) is 0. The van der Waals surface area contributed by atoms with E-state index in [2.05, 4.69) is 0 Å². The second-order valence-corrected chi connectivity index (χ2v) is 0.0816. The maximum Gasteiger partial charge on any atom is 0.151 e. The molecule has 0 aromatic carbocycles. The zero-order valence-corrected chi connectivity index (χ0v) is 4.64. The molecule has 0 unspecified atom stereocenters. The number of nitrogens with zero attached hydrogens (tertiary/aromatic N) is 2. The van der Waals surface area contributed by atoms with Gasteiger partial charge in [0.25, 0.3) is 0 Å². The van der Waals surface area contributed by atoms with Crippen molar-refractivity contribution in [3.05, 3.63) is 10.4 Å². The van der Waals surface area contributed by atoms with Crippen LogP contribution < -0.4 is 4.97 Å². The normalized spacial score (nSPS) is 2.00. The third-order valence-electron chi connectivity index (χ3n) is 0. The first kappa shape index (κ1) is 9.00. The van der Waals surface area contributed by atoms with Crippen LogP contribution in [0.3, 0.4) is 0 Å². The molecule has 0 amide bonds. The summed E-state index contributed by atoms with van der Waals surface area (Å²) >= 11 is 0. The molecule has 0 N–H and O–H groups in total. The molecule has 0 heterocycles. The minimum absolute atomic E-state index is 0. The van der Waals surface area contributed by atoms with E-state index in [1.54, 1.807) is 0 Å². The maximum atomic E-state index is 8.11. The molecule has 0 radical (unpaired) electrons. The molecule has 3 nitrogen and oxygen atoms in total. The van der Waals surface area contributed by atoms with Crippen molar-refractivity contribution in [1.29, 1.82) is 0 Å². The molecule has 0 aliphatic carbocycles. The van der Waals surface area contributed by atoms with Gasteiger partial charge in [-0.2, -0.15) is 0 Å². The molecule has 4 heteroatoms. The Morgan fingerprint density at radius 2 is 1.75 bits per heavy atom. The molecule has 0 rings (SSSR count). The van der Waals surface area contributed by atoms with Gasteiger partial charge >= 0.3 is 0 Å². The van der Waals surface area contributed by atoms with Crippen molar-refractivity contribution in [2.75, 3.05) is 0 Å². The van der Waals surface area contributed by atoms with Crippen molar-refractivity contribution < 1.29 is 21.1 Å².